The Morgan fingerprint density at radius 1 is 1.38 bits per heavy atom. The number of hydrogen-bond acceptors (Lipinski definition) is 2. The first-order valence-electron chi connectivity index (χ1n) is 6.87. The molecule has 0 aliphatic carbocycles. The van der Waals surface area contributed by atoms with Crippen LogP contribution >= 0.6 is 0 Å². The number of carboxylic acids is 1. The molecule has 1 atom stereocenters. The molecule has 0 aromatic heterocycles. The average Bonchev–Trinajstić information content (AvgIpc) is 2.47. The molecule has 2 amide bonds. The van der Waals surface area contributed by atoms with Crippen LogP contribution in [0.15, 0.2) is 24.3 Å². The van der Waals surface area contributed by atoms with E-state index < -0.39 is 5.97 Å². The lowest BCUT2D eigenvalue weighted by molar-refractivity contribution is 0.0695. The van der Waals surface area contributed by atoms with Crippen LogP contribution in [0.5, 0.6) is 0 Å². The van der Waals surface area contributed by atoms with E-state index in [0.717, 1.165) is 6.42 Å². The van der Waals surface area contributed by atoms with Crippen molar-refractivity contribution in [2.24, 2.45) is 0 Å². The van der Waals surface area contributed by atoms with E-state index in [1.165, 1.54) is 0 Å². The molecule has 0 saturated heterocycles. The maximum atomic E-state index is 11.7. The molecule has 1 aromatic carbocycles. The number of hydrogen-bond donors (Lipinski definition) is 3. The summed E-state index contributed by atoms with van der Waals surface area (Å²) >= 11 is 0. The Kier molecular flexibility index (Phi) is 6.82. The smallest absolute Gasteiger partial charge is 0.335 e. The van der Waals surface area contributed by atoms with Gasteiger partial charge in [0.15, 0.2) is 0 Å². The van der Waals surface area contributed by atoms with Crippen LogP contribution in [0.25, 0.3) is 0 Å². The van der Waals surface area contributed by atoms with Crippen molar-refractivity contribution in [3.8, 4) is 12.3 Å². The summed E-state index contributed by atoms with van der Waals surface area (Å²) < 4.78 is 0. The molecule has 1 unspecified atom stereocenters. The van der Waals surface area contributed by atoms with Crippen LogP contribution in [0, 0.1) is 12.3 Å². The molecule has 0 fully saturated rings. The normalized spacial score (nSPS) is 11.2. The summed E-state index contributed by atoms with van der Waals surface area (Å²) in [6.45, 7) is 2.31. The van der Waals surface area contributed by atoms with E-state index in [4.69, 9.17) is 11.5 Å². The molecular weight excluding hydrogens is 268 g/mol. The number of urea groups is 1. The Morgan fingerprint density at radius 2 is 2.10 bits per heavy atom. The SMILES string of the molecule is C#CCC(CC)NC(=O)NCCc1ccccc1C(=O)O. The van der Waals surface area contributed by atoms with Crippen molar-refractivity contribution in [2.75, 3.05) is 6.54 Å². The summed E-state index contributed by atoms with van der Waals surface area (Å²) in [5.74, 6) is 1.56. The highest BCUT2D eigenvalue weighted by Gasteiger charge is 2.10. The van der Waals surface area contributed by atoms with Crippen molar-refractivity contribution < 1.29 is 14.7 Å². The standard InChI is InChI=1S/C16H20N2O3/c1-3-7-13(4-2)18-16(21)17-11-10-12-8-5-6-9-14(12)15(19)20/h1,5-6,8-9,13H,4,7,10-11H2,2H3,(H,19,20)(H2,17,18,21). The minimum atomic E-state index is -0.963. The Hall–Kier alpha value is -2.48. The zero-order valence-corrected chi connectivity index (χ0v) is 12.1. The summed E-state index contributed by atoms with van der Waals surface area (Å²) in [5, 5.41) is 14.6. The molecule has 0 aliphatic rings. The quantitative estimate of drug-likeness (QED) is 0.672. The fraction of sp³-hybridized carbons (Fsp3) is 0.375. The van der Waals surface area contributed by atoms with Gasteiger partial charge < -0.3 is 15.7 Å². The van der Waals surface area contributed by atoms with E-state index in [-0.39, 0.29) is 17.6 Å². The molecule has 0 radical (unpaired) electrons. The predicted octanol–water partition coefficient (Wildman–Crippen LogP) is 2.03. The number of rotatable bonds is 7. The molecule has 0 saturated carbocycles. The van der Waals surface area contributed by atoms with Gasteiger partial charge in [-0.05, 0) is 24.5 Å². The highest BCUT2D eigenvalue weighted by molar-refractivity contribution is 5.89. The first-order chi connectivity index (χ1) is 10.1. The molecule has 1 rings (SSSR count). The van der Waals surface area contributed by atoms with E-state index in [1.54, 1.807) is 24.3 Å². The van der Waals surface area contributed by atoms with Crippen LogP contribution in [0.3, 0.4) is 0 Å². The minimum Gasteiger partial charge on any atom is -0.478 e. The number of amides is 2. The van der Waals surface area contributed by atoms with E-state index in [9.17, 15) is 9.59 Å². The van der Waals surface area contributed by atoms with Crippen molar-refractivity contribution in [1.82, 2.24) is 10.6 Å². The Balaban J connectivity index is 2.45. The van der Waals surface area contributed by atoms with Crippen LogP contribution < -0.4 is 10.6 Å². The van der Waals surface area contributed by atoms with E-state index in [2.05, 4.69) is 16.6 Å². The molecule has 0 heterocycles. The highest BCUT2D eigenvalue weighted by atomic mass is 16.4. The predicted molar refractivity (Wildman–Crippen MR) is 81.2 cm³/mol. The largest absolute Gasteiger partial charge is 0.478 e. The summed E-state index contributed by atoms with van der Waals surface area (Å²) in [5.41, 5.74) is 0.958. The van der Waals surface area contributed by atoms with Gasteiger partial charge >= 0.3 is 12.0 Å². The Bertz CT molecular complexity index is 535. The summed E-state index contributed by atoms with van der Waals surface area (Å²) in [7, 11) is 0. The van der Waals surface area contributed by atoms with Crippen molar-refractivity contribution in [3.63, 3.8) is 0 Å². The highest BCUT2D eigenvalue weighted by Crippen LogP contribution is 2.08. The fourth-order valence-electron chi connectivity index (χ4n) is 1.93. The monoisotopic (exact) mass is 288 g/mol. The van der Waals surface area contributed by atoms with Gasteiger partial charge in [0.1, 0.15) is 0 Å². The fourth-order valence-corrected chi connectivity index (χ4v) is 1.93. The molecule has 0 spiro atoms. The third kappa shape index (κ3) is 5.57. The number of nitrogens with one attached hydrogen (secondary N) is 2. The maximum Gasteiger partial charge on any atom is 0.335 e. The lowest BCUT2D eigenvalue weighted by atomic mass is 10.0. The van der Waals surface area contributed by atoms with Gasteiger partial charge in [0, 0.05) is 19.0 Å². The third-order valence-corrected chi connectivity index (χ3v) is 3.12. The molecule has 0 aliphatic heterocycles. The molecule has 0 bridgehead atoms. The lowest BCUT2D eigenvalue weighted by Gasteiger charge is -2.15. The second-order valence-electron chi connectivity index (χ2n) is 4.63. The zero-order valence-electron chi connectivity index (χ0n) is 12.1. The summed E-state index contributed by atoms with van der Waals surface area (Å²) in [6.07, 6.45) is 6.94. The van der Waals surface area contributed by atoms with Crippen molar-refractivity contribution in [2.45, 2.75) is 32.2 Å². The molecule has 3 N–H and O–H groups in total. The van der Waals surface area contributed by atoms with Gasteiger partial charge in [-0.1, -0.05) is 25.1 Å². The molecule has 5 heteroatoms. The number of carbonyl (C=O) groups is 2. The zero-order chi connectivity index (χ0) is 15.7. The average molecular weight is 288 g/mol. The van der Waals surface area contributed by atoms with E-state index in [0.29, 0.717) is 24.9 Å². The summed E-state index contributed by atoms with van der Waals surface area (Å²) in [4.78, 5) is 22.7. The maximum absolute atomic E-state index is 11.7. The van der Waals surface area contributed by atoms with Gasteiger partial charge in [-0.25, -0.2) is 9.59 Å². The van der Waals surface area contributed by atoms with Gasteiger partial charge in [-0.3, -0.25) is 0 Å². The van der Waals surface area contributed by atoms with Gasteiger partial charge in [-0.2, -0.15) is 0 Å². The lowest BCUT2D eigenvalue weighted by Crippen LogP contribution is -2.42. The third-order valence-electron chi connectivity index (χ3n) is 3.12. The van der Waals surface area contributed by atoms with Crippen LogP contribution in [0.2, 0.25) is 0 Å². The second-order valence-corrected chi connectivity index (χ2v) is 4.63. The second kappa shape index (κ2) is 8.64. The molecule has 1 aromatic rings. The van der Waals surface area contributed by atoms with Crippen molar-refractivity contribution in [3.05, 3.63) is 35.4 Å². The minimum absolute atomic E-state index is 0.0405. The molecule has 112 valence electrons. The van der Waals surface area contributed by atoms with E-state index in [1.807, 2.05) is 6.92 Å². The van der Waals surface area contributed by atoms with E-state index >= 15 is 0 Å². The number of terminal acetylenes is 1. The topological polar surface area (TPSA) is 78.4 Å². The number of carboxylic acid groups (broad SMARTS) is 1. The van der Waals surface area contributed by atoms with Crippen LogP contribution in [-0.2, 0) is 6.42 Å². The molecule has 5 nitrogen and oxygen atoms in total. The van der Waals surface area contributed by atoms with Crippen molar-refractivity contribution >= 4 is 12.0 Å². The van der Waals surface area contributed by atoms with Crippen LogP contribution in [0.1, 0.15) is 35.7 Å². The van der Waals surface area contributed by atoms with Crippen LogP contribution in [0.4, 0.5) is 4.79 Å². The van der Waals surface area contributed by atoms with Crippen molar-refractivity contribution in [1.29, 1.82) is 0 Å². The van der Waals surface area contributed by atoms with Gasteiger partial charge in [0.05, 0.1) is 5.56 Å². The number of carbonyl (C=O) groups excluding carboxylic acids is 1. The Labute approximate surface area is 124 Å². The first kappa shape index (κ1) is 16.6. The molecular formula is C16H20N2O3. The first-order valence-corrected chi connectivity index (χ1v) is 6.87. The number of benzene rings is 1. The van der Waals surface area contributed by atoms with Gasteiger partial charge in [-0.15, -0.1) is 12.3 Å². The number of aromatic carboxylic acids is 1. The van der Waals surface area contributed by atoms with Crippen LogP contribution in [-0.4, -0.2) is 29.7 Å². The Morgan fingerprint density at radius 3 is 2.71 bits per heavy atom. The molecule has 21 heavy (non-hydrogen) atoms. The summed E-state index contributed by atoms with van der Waals surface area (Å²) in [6, 6.07) is 6.43. The van der Waals surface area contributed by atoms with Gasteiger partial charge in [0.2, 0.25) is 0 Å². The van der Waals surface area contributed by atoms with Gasteiger partial charge in [0.25, 0.3) is 0 Å².